The second kappa shape index (κ2) is 7.08. The third-order valence-electron chi connectivity index (χ3n) is 6.16. The van der Waals surface area contributed by atoms with E-state index in [9.17, 15) is 14.7 Å². The van der Waals surface area contributed by atoms with E-state index in [4.69, 9.17) is 5.10 Å². The van der Waals surface area contributed by atoms with Gasteiger partial charge in [-0.25, -0.2) is 4.68 Å². The van der Waals surface area contributed by atoms with E-state index in [1.807, 2.05) is 23.7 Å². The Morgan fingerprint density at radius 3 is 2.54 bits per heavy atom. The molecule has 1 fully saturated rings. The van der Waals surface area contributed by atoms with Gasteiger partial charge in [0.25, 0.3) is 5.91 Å². The highest BCUT2D eigenvalue weighted by atomic mass is 16.4. The summed E-state index contributed by atoms with van der Waals surface area (Å²) in [7, 11) is 0. The number of nitrogens with zero attached hydrogens (tertiary/aromatic N) is 3. The molecule has 1 aromatic heterocycles. The van der Waals surface area contributed by atoms with Crippen molar-refractivity contribution in [2.45, 2.75) is 52.4 Å². The monoisotopic (exact) mass is 381 g/mol. The van der Waals surface area contributed by atoms with Crippen LogP contribution in [0.3, 0.4) is 0 Å². The molecule has 1 aromatic carbocycles. The van der Waals surface area contributed by atoms with E-state index in [2.05, 4.69) is 12.1 Å². The normalized spacial score (nSPS) is 22.0. The van der Waals surface area contributed by atoms with Crippen molar-refractivity contribution in [1.29, 1.82) is 0 Å². The maximum Gasteiger partial charge on any atom is 0.311 e. The van der Waals surface area contributed by atoms with Crippen molar-refractivity contribution in [3.63, 3.8) is 0 Å². The highest BCUT2D eigenvalue weighted by molar-refractivity contribution is 5.94. The molecule has 0 radical (unpaired) electrons. The number of carbonyl (C=O) groups is 2. The maximum atomic E-state index is 13.3. The first kappa shape index (κ1) is 18.7. The number of fused-ring (bicyclic) bond motifs is 1. The summed E-state index contributed by atoms with van der Waals surface area (Å²) in [5, 5.41) is 14.3. The van der Waals surface area contributed by atoms with Gasteiger partial charge in [0, 0.05) is 24.3 Å². The molecule has 1 aliphatic heterocycles. The van der Waals surface area contributed by atoms with Crippen LogP contribution in [0.15, 0.2) is 24.3 Å². The Morgan fingerprint density at radius 1 is 1.11 bits per heavy atom. The Bertz CT molecular complexity index is 916. The van der Waals surface area contributed by atoms with E-state index < -0.39 is 11.4 Å². The summed E-state index contributed by atoms with van der Waals surface area (Å²) in [5.41, 5.74) is 3.94. The minimum absolute atomic E-state index is 0.129. The molecule has 1 N–H and O–H groups in total. The fraction of sp³-hybridized carbons (Fsp3) is 0.500. The number of carboxylic acid groups (broad SMARTS) is 1. The van der Waals surface area contributed by atoms with Crippen molar-refractivity contribution in [1.82, 2.24) is 14.7 Å². The number of aryl methyl sites for hydroxylation is 1. The number of carboxylic acids is 1. The van der Waals surface area contributed by atoms with Crippen LogP contribution in [0, 0.1) is 12.3 Å². The molecule has 6 heteroatoms. The van der Waals surface area contributed by atoms with Crippen LogP contribution < -0.4 is 0 Å². The average molecular weight is 381 g/mol. The molecule has 0 spiro atoms. The van der Waals surface area contributed by atoms with Crippen molar-refractivity contribution < 1.29 is 14.7 Å². The quantitative estimate of drug-likeness (QED) is 0.884. The number of aliphatic carboxylic acids is 1. The van der Waals surface area contributed by atoms with Crippen LogP contribution in [0.2, 0.25) is 0 Å². The van der Waals surface area contributed by atoms with E-state index in [1.54, 1.807) is 11.8 Å². The van der Waals surface area contributed by atoms with Crippen LogP contribution in [0.5, 0.6) is 0 Å². The molecule has 2 aromatic rings. The van der Waals surface area contributed by atoms with Gasteiger partial charge in [0.1, 0.15) is 0 Å². The van der Waals surface area contributed by atoms with E-state index in [0.717, 1.165) is 42.6 Å². The zero-order valence-electron chi connectivity index (χ0n) is 16.6. The van der Waals surface area contributed by atoms with E-state index >= 15 is 0 Å². The Labute approximate surface area is 165 Å². The second-order valence-corrected chi connectivity index (χ2v) is 8.42. The predicted octanol–water partition coefficient (Wildman–Crippen LogP) is 3.39. The molecular weight excluding hydrogens is 354 g/mol. The van der Waals surface area contributed by atoms with Crippen molar-refractivity contribution in [2.24, 2.45) is 5.41 Å². The van der Waals surface area contributed by atoms with Gasteiger partial charge in [-0.2, -0.15) is 5.10 Å². The van der Waals surface area contributed by atoms with Crippen LogP contribution in [-0.4, -0.2) is 44.8 Å². The number of benzene rings is 1. The first-order valence-corrected chi connectivity index (χ1v) is 10.1. The molecule has 0 bridgehead atoms. The number of hydrogen-bond donors (Lipinski definition) is 1. The topological polar surface area (TPSA) is 75.4 Å². The fourth-order valence-corrected chi connectivity index (χ4v) is 4.41. The van der Waals surface area contributed by atoms with Crippen molar-refractivity contribution in [2.75, 3.05) is 13.1 Å². The molecular formula is C22H27N3O3. The summed E-state index contributed by atoms with van der Waals surface area (Å²) < 4.78 is 1.92. The third-order valence-corrected chi connectivity index (χ3v) is 6.16. The fourth-order valence-electron chi connectivity index (χ4n) is 4.41. The van der Waals surface area contributed by atoms with Gasteiger partial charge in [0.05, 0.1) is 11.1 Å². The largest absolute Gasteiger partial charge is 0.481 e. The molecule has 148 valence electrons. The molecule has 2 aliphatic rings. The Hall–Kier alpha value is -2.63. The zero-order valence-corrected chi connectivity index (χ0v) is 16.6. The predicted molar refractivity (Wildman–Crippen MR) is 106 cm³/mol. The SMILES string of the molecule is Cc1ccc(-n2nc(C(=O)N3CCCC(C)(C(=O)O)C3)c3c2CCCC3)cc1. The van der Waals surface area contributed by atoms with E-state index in [0.29, 0.717) is 25.1 Å². The molecule has 6 nitrogen and oxygen atoms in total. The van der Waals surface area contributed by atoms with Gasteiger partial charge in [-0.15, -0.1) is 0 Å². The number of piperidine rings is 1. The lowest BCUT2D eigenvalue weighted by Gasteiger charge is -2.37. The number of amides is 1. The summed E-state index contributed by atoms with van der Waals surface area (Å²) >= 11 is 0. The molecule has 2 heterocycles. The zero-order chi connectivity index (χ0) is 19.9. The summed E-state index contributed by atoms with van der Waals surface area (Å²) in [6.45, 7) is 4.61. The first-order chi connectivity index (χ1) is 13.4. The van der Waals surface area contributed by atoms with Gasteiger partial charge in [-0.05, 0) is 64.5 Å². The number of carbonyl (C=O) groups excluding carboxylic acids is 1. The summed E-state index contributed by atoms with van der Waals surface area (Å²) in [4.78, 5) is 26.7. The molecule has 28 heavy (non-hydrogen) atoms. The van der Waals surface area contributed by atoms with Crippen LogP contribution in [0.4, 0.5) is 0 Å². The highest BCUT2D eigenvalue weighted by Gasteiger charge is 2.40. The summed E-state index contributed by atoms with van der Waals surface area (Å²) in [6.07, 6.45) is 5.22. The second-order valence-electron chi connectivity index (χ2n) is 8.42. The van der Waals surface area contributed by atoms with Gasteiger partial charge in [0.2, 0.25) is 0 Å². The number of likely N-dealkylation sites (tertiary alicyclic amines) is 1. The molecule has 1 atom stereocenters. The first-order valence-electron chi connectivity index (χ1n) is 10.1. The highest BCUT2D eigenvalue weighted by Crippen LogP contribution is 2.32. The Kier molecular flexibility index (Phi) is 4.73. The van der Waals surface area contributed by atoms with Crippen molar-refractivity contribution in [3.05, 3.63) is 46.8 Å². The lowest BCUT2D eigenvalue weighted by molar-refractivity contribution is -0.150. The number of aromatic nitrogens is 2. The van der Waals surface area contributed by atoms with Gasteiger partial charge in [-0.1, -0.05) is 17.7 Å². The smallest absolute Gasteiger partial charge is 0.311 e. The summed E-state index contributed by atoms with van der Waals surface area (Å²) in [5.74, 6) is -0.964. The van der Waals surface area contributed by atoms with Crippen molar-refractivity contribution >= 4 is 11.9 Å². The van der Waals surface area contributed by atoms with Gasteiger partial charge < -0.3 is 10.0 Å². The third kappa shape index (κ3) is 3.21. The summed E-state index contributed by atoms with van der Waals surface area (Å²) in [6, 6.07) is 8.18. The Morgan fingerprint density at radius 2 is 1.82 bits per heavy atom. The van der Waals surface area contributed by atoms with Crippen LogP contribution in [0.1, 0.15) is 59.9 Å². The molecule has 0 saturated carbocycles. The molecule has 1 unspecified atom stereocenters. The molecule has 4 rings (SSSR count). The van der Waals surface area contributed by atoms with Crippen LogP contribution in [0.25, 0.3) is 5.69 Å². The van der Waals surface area contributed by atoms with Gasteiger partial charge in [0.15, 0.2) is 5.69 Å². The van der Waals surface area contributed by atoms with Crippen LogP contribution >= 0.6 is 0 Å². The minimum Gasteiger partial charge on any atom is -0.481 e. The van der Waals surface area contributed by atoms with E-state index in [-0.39, 0.29) is 12.5 Å². The van der Waals surface area contributed by atoms with E-state index in [1.165, 1.54) is 5.56 Å². The maximum absolute atomic E-state index is 13.3. The van der Waals surface area contributed by atoms with Crippen molar-refractivity contribution in [3.8, 4) is 5.69 Å². The van der Waals surface area contributed by atoms with Gasteiger partial charge >= 0.3 is 5.97 Å². The molecule has 1 aliphatic carbocycles. The van der Waals surface area contributed by atoms with Crippen LogP contribution in [-0.2, 0) is 17.6 Å². The lowest BCUT2D eigenvalue weighted by atomic mass is 9.82. The minimum atomic E-state index is -0.881. The standard InChI is InChI=1S/C22H27N3O3/c1-15-8-10-16(11-9-15)25-18-7-4-3-6-17(18)19(23-25)20(26)24-13-5-12-22(2,14-24)21(27)28/h8-11H,3-7,12-14H2,1-2H3,(H,27,28). The number of rotatable bonds is 3. The molecule has 1 saturated heterocycles. The average Bonchev–Trinajstić information content (AvgIpc) is 3.08. The van der Waals surface area contributed by atoms with Gasteiger partial charge in [-0.3, -0.25) is 9.59 Å². The lowest BCUT2D eigenvalue weighted by Crippen LogP contribution is -2.48. The number of hydrogen-bond acceptors (Lipinski definition) is 3. The molecule has 1 amide bonds. The Balaban J connectivity index is 1.70.